The van der Waals surface area contributed by atoms with Gasteiger partial charge in [0.1, 0.15) is 5.69 Å². The number of hydrogen-bond acceptors (Lipinski definition) is 4. The van der Waals surface area contributed by atoms with Gasteiger partial charge in [-0.3, -0.25) is 0 Å². The van der Waals surface area contributed by atoms with Gasteiger partial charge in [-0.15, -0.1) is 10.2 Å². The van der Waals surface area contributed by atoms with Gasteiger partial charge in [0.15, 0.2) is 12.7 Å². The van der Waals surface area contributed by atoms with E-state index in [1.165, 1.54) is 27.9 Å². The van der Waals surface area contributed by atoms with Gasteiger partial charge in [-0.05, 0) is 17.7 Å². The standard InChI is InChI=1S/C15H12N2.ClHO4/c1-2-6-13-11(5-1)12-8-10-17-9-4-3-7-14(17)15(12)16-13;2-1(3,4)5/h1-7,9H,8,10H2;(H,2,3,4,5). The van der Waals surface area contributed by atoms with Crippen LogP contribution in [-0.2, 0) is 13.0 Å². The van der Waals surface area contributed by atoms with Crippen molar-refractivity contribution in [1.29, 1.82) is 0 Å². The molecule has 0 fully saturated rings. The van der Waals surface area contributed by atoms with E-state index in [1.807, 2.05) is 0 Å². The zero-order chi connectivity index (χ0) is 15.7. The van der Waals surface area contributed by atoms with E-state index in [0.717, 1.165) is 13.0 Å². The molecule has 3 heterocycles. The molecule has 1 aliphatic heterocycles. The maximum absolute atomic E-state index is 8.49. The molecule has 0 radical (unpaired) electrons. The molecule has 1 aromatic carbocycles. The van der Waals surface area contributed by atoms with Crippen LogP contribution in [0.5, 0.6) is 0 Å². The molecular formula is C15H13ClN2O4. The molecule has 3 aromatic rings. The van der Waals surface area contributed by atoms with Gasteiger partial charge in [-0.2, -0.15) is 4.57 Å². The summed E-state index contributed by atoms with van der Waals surface area (Å²) in [5, 5.41) is 1.37. The highest BCUT2D eigenvalue weighted by molar-refractivity contribution is 5.89. The van der Waals surface area contributed by atoms with Gasteiger partial charge in [0.2, 0.25) is 5.69 Å². The number of aromatic amines is 1. The number of hydrogen-bond donors (Lipinski definition) is 1. The van der Waals surface area contributed by atoms with E-state index in [-0.39, 0.29) is 0 Å². The quantitative estimate of drug-likeness (QED) is 0.479. The molecular weight excluding hydrogens is 308 g/mol. The highest BCUT2D eigenvalue weighted by atomic mass is 35.7. The summed E-state index contributed by atoms with van der Waals surface area (Å²) >= 11 is 0. The minimum atomic E-state index is -4.94. The summed E-state index contributed by atoms with van der Waals surface area (Å²) in [4.78, 5) is 3.55. The maximum Gasteiger partial charge on any atom is 0.229 e. The van der Waals surface area contributed by atoms with Crippen LogP contribution in [0.2, 0.25) is 0 Å². The Balaban J connectivity index is 0.000000254. The van der Waals surface area contributed by atoms with Crippen LogP contribution in [0.15, 0.2) is 48.7 Å². The number of fused-ring (bicyclic) bond motifs is 5. The number of nitrogens with one attached hydrogen (secondary N) is 1. The van der Waals surface area contributed by atoms with Crippen LogP contribution in [0.4, 0.5) is 0 Å². The second-order valence-electron chi connectivity index (χ2n) is 4.93. The van der Waals surface area contributed by atoms with Crippen LogP contribution < -0.4 is 23.2 Å². The van der Waals surface area contributed by atoms with Crippen LogP contribution >= 0.6 is 0 Å². The van der Waals surface area contributed by atoms with Crippen LogP contribution in [0.1, 0.15) is 5.56 Å². The molecule has 4 rings (SSSR count). The highest BCUT2D eigenvalue weighted by Crippen LogP contribution is 2.31. The van der Waals surface area contributed by atoms with Crippen molar-refractivity contribution in [3.63, 3.8) is 0 Å². The average Bonchev–Trinajstić information content (AvgIpc) is 2.84. The van der Waals surface area contributed by atoms with Crippen LogP contribution in [0, 0.1) is 10.2 Å². The predicted octanol–water partition coefficient (Wildman–Crippen LogP) is -2.08. The Labute approximate surface area is 128 Å². The summed E-state index contributed by atoms with van der Waals surface area (Å²) in [5.41, 5.74) is 5.30. The van der Waals surface area contributed by atoms with Gasteiger partial charge < -0.3 is 4.98 Å². The number of aromatic nitrogens is 2. The van der Waals surface area contributed by atoms with E-state index in [2.05, 4.69) is 58.2 Å². The summed E-state index contributed by atoms with van der Waals surface area (Å²) in [5.74, 6) is 0. The molecule has 2 aromatic heterocycles. The number of H-pyrrole nitrogens is 1. The summed E-state index contributed by atoms with van der Waals surface area (Å²) in [6.45, 7) is 1.07. The first kappa shape index (κ1) is 15.0. The van der Waals surface area contributed by atoms with E-state index in [4.69, 9.17) is 18.6 Å². The third-order valence-electron chi connectivity index (χ3n) is 3.61. The molecule has 0 atom stereocenters. The first-order valence-electron chi connectivity index (χ1n) is 6.63. The SMILES string of the molecule is [O-][Cl+3]([O-])([O-])[O-].c1cc[n+]2c(c1)-c1[nH]c3ccccc3c1CC2. The molecule has 0 amide bonds. The molecule has 0 spiro atoms. The Bertz CT molecular complexity index is 805. The lowest BCUT2D eigenvalue weighted by Crippen LogP contribution is -2.68. The van der Waals surface area contributed by atoms with Crippen molar-refractivity contribution in [3.8, 4) is 11.4 Å². The number of pyridine rings is 1. The number of rotatable bonds is 0. The Morgan fingerprint density at radius 1 is 0.955 bits per heavy atom. The second kappa shape index (κ2) is 5.68. The monoisotopic (exact) mass is 320 g/mol. The summed E-state index contributed by atoms with van der Waals surface area (Å²) in [7, 11) is -4.94. The Hall–Kier alpha value is -1.96. The fraction of sp³-hybridized carbons (Fsp3) is 0.133. The fourth-order valence-electron chi connectivity index (χ4n) is 2.81. The smallest absolute Gasteiger partial charge is 0.229 e. The summed E-state index contributed by atoms with van der Waals surface area (Å²) in [6.07, 6.45) is 3.27. The zero-order valence-corrected chi connectivity index (χ0v) is 12.2. The lowest BCUT2D eigenvalue weighted by atomic mass is 10.0. The number of nitrogens with zero attached hydrogens (tertiary/aromatic N) is 1. The van der Waals surface area contributed by atoms with Crippen molar-refractivity contribution in [1.82, 2.24) is 4.98 Å². The molecule has 0 aliphatic carbocycles. The zero-order valence-electron chi connectivity index (χ0n) is 11.5. The minimum absolute atomic E-state index is 1.07. The van der Waals surface area contributed by atoms with Crippen LogP contribution in [0.3, 0.4) is 0 Å². The van der Waals surface area contributed by atoms with Crippen molar-refractivity contribution >= 4 is 10.9 Å². The second-order valence-corrected chi connectivity index (χ2v) is 5.69. The Kier molecular flexibility index (Phi) is 3.86. The van der Waals surface area contributed by atoms with Gasteiger partial charge in [0, 0.05) is 29.5 Å². The van der Waals surface area contributed by atoms with Crippen molar-refractivity contribution in [2.24, 2.45) is 0 Å². The van der Waals surface area contributed by atoms with E-state index >= 15 is 0 Å². The topological polar surface area (TPSA) is 112 Å². The van der Waals surface area contributed by atoms with Crippen molar-refractivity contribution < 1.29 is 33.4 Å². The predicted molar refractivity (Wildman–Crippen MR) is 67.6 cm³/mol. The molecule has 114 valence electrons. The van der Waals surface area contributed by atoms with E-state index in [1.54, 1.807) is 0 Å². The van der Waals surface area contributed by atoms with Crippen molar-refractivity contribution in [3.05, 3.63) is 54.2 Å². The normalized spacial score (nSPS) is 13.1. The third kappa shape index (κ3) is 3.11. The van der Waals surface area contributed by atoms with Gasteiger partial charge in [0.05, 0.1) is 0 Å². The first-order chi connectivity index (χ1) is 10.4. The van der Waals surface area contributed by atoms with Gasteiger partial charge in [-0.25, -0.2) is 18.6 Å². The number of benzene rings is 1. The van der Waals surface area contributed by atoms with Crippen LogP contribution in [-0.4, -0.2) is 4.98 Å². The molecule has 0 saturated carbocycles. The lowest BCUT2D eigenvalue weighted by Gasteiger charge is -2.17. The number of aryl methyl sites for hydroxylation is 2. The number of halogens is 1. The van der Waals surface area contributed by atoms with Crippen molar-refractivity contribution in [2.45, 2.75) is 13.0 Å². The first-order valence-corrected chi connectivity index (χ1v) is 7.87. The maximum atomic E-state index is 8.49. The minimum Gasteiger partial charge on any atom is -0.349 e. The molecule has 0 saturated heterocycles. The molecule has 6 nitrogen and oxygen atoms in total. The lowest BCUT2D eigenvalue weighted by molar-refractivity contribution is -2.00. The van der Waals surface area contributed by atoms with Crippen molar-refractivity contribution in [2.75, 3.05) is 0 Å². The summed E-state index contributed by atoms with van der Waals surface area (Å²) < 4.78 is 36.3. The Morgan fingerprint density at radius 2 is 1.64 bits per heavy atom. The molecule has 0 unspecified atom stereocenters. The molecule has 1 N–H and O–H groups in total. The Morgan fingerprint density at radius 3 is 2.41 bits per heavy atom. The average molecular weight is 321 g/mol. The molecule has 1 aliphatic rings. The molecule has 7 heteroatoms. The summed E-state index contributed by atoms with van der Waals surface area (Å²) in [6, 6.07) is 15.0. The fourth-order valence-corrected chi connectivity index (χ4v) is 2.81. The van der Waals surface area contributed by atoms with Gasteiger partial charge in [0.25, 0.3) is 0 Å². The van der Waals surface area contributed by atoms with E-state index in [0.29, 0.717) is 0 Å². The number of para-hydroxylation sites is 1. The largest absolute Gasteiger partial charge is 0.349 e. The van der Waals surface area contributed by atoms with Gasteiger partial charge in [-0.1, -0.05) is 18.2 Å². The highest BCUT2D eigenvalue weighted by Gasteiger charge is 2.25. The molecule has 0 bridgehead atoms. The molecule has 22 heavy (non-hydrogen) atoms. The van der Waals surface area contributed by atoms with E-state index in [9.17, 15) is 0 Å². The van der Waals surface area contributed by atoms with E-state index < -0.39 is 10.2 Å². The van der Waals surface area contributed by atoms with Gasteiger partial charge >= 0.3 is 0 Å². The third-order valence-corrected chi connectivity index (χ3v) is 3.61. The van der Waals surface area contributed by atoms with Crippen LogP contribution in [0.25, 0.3) is 22.3 Å².